The number of hydrogen-bond acceptors (Lipinski definition) is 5. The second-order valence-corrected chi connectivity index (χ2v) is 7.25. The average Bonchev–Trinajstić information content (AvgIpc) is 2.67. The van der Waals surface area contributed by atoms with E-state index >= 15 is 4.39 Å². The van der Waals surface area contributed by atoms with E-state index in [4.69, 9.17) is 9.47 Å². The van der Waals surface area contributed by atoms with E-state index in [9.17, 15) is 9.59 Å². The van der Waals surface area contributed by atoms with Crippen molar-refractivity contribution < 1.29 is 23.5 Å². The van der Waals surface area contributed by atoms with Crippen molar-refractivity contribution in [1.29, 1.82) is 0 Å². The smallest absolute Gasteiger partial charge is 0.234 e. The maximum absolute atomic E-state index is 15.2. The molecule has 0 bridgehead atoms. The van der Waals surface area contributed by atoms with E-state index in [2.05, 4.69) is 5.32 Å². The molecule has 2 saturated heterocycles. The third-order valence-electron chi connectivity index (χ3n) is 5.63. The van der Waals surface area contributed by atoms with Crippen molar-refractivity contribution >= 4 is 17.5 Å². The number of halogens is 1. The summed E-state index contributed by atoms with van der Waals surface area (Å²) < 4.78 is 25.7. The van der Waals surface area contributed by atoms with Crippen molar-refractivity contribution in [2.75, 3.05) is 32.2 Å². The number of carbonyl (C=O) groups excluding carboxylic acids is 2. The van der Waals surface area contributed by atoms with Gasteiger partial charge in [0, 0.05) is 45.7 Å². The second-order valence-electron chi connectivity index (χ2n) is 7.25. The molecule has 27 heavy (non-hydrogen) atoms. The Hall–Kier alpha value is -1.99. The van der Waals surface area contributed by atoms with Crippen molar-refractivity contribution in [3.63, 3.8) is 0 Å². The molecule has 6 nitrogen and oxygen atoms in total. The van der Waals surface area contributed by atoms with Crippen LogP contribution in [0.15, 0.2) is 18.2 Å². The highest BCUT2D eigenvalue weighted by atomic mass is 19.1. The standard InChI is InChI=1S/C20H27FN2O4/c1-26-18(27-2)12-13-8-10-23(11-9-13)16-5-3-4-14(19(16)21)15-6-7-17(24)22-20(15)25/h3-5,13,15,18H,6-12H2,1-2H3,(H,22,24,25). The molecule has 0 radical (unpaired) electrons. The Labute approximate surface area is 159 Å². The molecule has 2 heterocycles. The van der Waals surface area contributed by atoms with Crippen LogP contribution in [-0.2, 0) is 19.1 Å². The number of anilines is 1. The molecule has 1 unspecified atom stereocenters. The number of rotatable bonds is 6. The van der Waals surface area contributed by atoms with Gasteiger partial charge in [0.05, 0.1) is 11.6 Å². The number of hydrogen-bond donors (Lipinski definition) is 1. The lowest BCUT2D eigenvalue weighted by atomic mass is 9.89. The average molecular weight is 378 g/mol. The highest BCUT2D eigenvalue weighted by Crippen LogP contribution is 2.34. The van der Waals surface area contributed by atoms with Crippen LogP contribution in [0.3, 0.4) is 0 Å². The molecule has 7 heteroatoms. The van der Waals surface area contributed by atoms with Crippen LogP contribution in [0.2, 0.25) is 0 Å². The van der Waals surface area contributed by atoms with Gasteiger partial charge in [0.2, 0.25) is 11.8 Å². The third kappa shape index (κ3) is 4.47. The molecule has 0 aromatic heterocycles. The summed E-state index contributed by atoms with van der Waals surface area (Å²) in [6, 6.07) is 5.20. The fourth-order valence-electron chi connectivity index (χ4n) is 4.01. The van der Waals surface area contributed by atoms with E-state index in [0.717, 1.165) is 32.4 Å². The quantitative estimate of drug-likeness (QED) is 0.609. The number of amides is 2. The number of ether oxygens (including phenoxy) is 2. The lowest BCUT2D eigenvalue weighted by Gasteiger charge is -2.35. The van der Waals surface area contributed by atoms with Gasteiger partial charge < -0.3 is 14.4 Å². The Morgan fingerprint density at radius 1 is 1.19 bits per heavy atom. The van der Waals surface area contributed by atoms with Crippen LogP contribution < -0.4 is 10.2 Å². The molecule has 3 rings (SSSR count). The molecule has 1 atom stereocenters. The zero-order valence-electron chi connectivity index (χ0n) is 15.9. The number of piperidine rings is 2. The normalized spacial score (nSPS) is 21.6. The van der Waals surface area contributed by atoms with Gasteiger partial charge in [0.15, 0.2) is 6.29 Å². The Morgan fingerprint density at radius 3 is 2.52 bits per heavy atom. The number of benzene rings is 1. The van der Waals surface area contributed by atoms with Crippen LogP contribution in [0.4, 0.5) is 10.1 Å². The fourth-order valence-corrected chi connectivity index (χ4v) is 4.01. The summed E-state index contributed by atoms with van der Waals surface area (Å²) >= 11 is 0. The lowest BCUT2D eigenvalue weighted by molar-refractivity contribution is -0.134. The molecule has 1 aromatic carbocycles. The van der Waals surface area contributed by atoms with Crippen molar-refractivity contribution in [3.8, 4) is 0 Å². The van der Waals surface area contributed by atoms with Crippen LogP contribution >= 0.6 is 0 Å². The lowest BCUT2D eigenvalue weighted by Crippen LogP contribution is -2.40. The van der Waals surface area contributed by atoms with E-state index < -0.39 is 11.8 Å². The van der Waals surface area contributed by atoms with Gasteiger partial charge in [-0.25, -0.2) is 4.39 Å². The molecule has 0 spiro atoms. The van der Waals surface area contributed by atoms with Crippen LogP contribution in [-0.4, -0.2) is 45.4 Å². The number of imide groups is 1. The van der Waals surface area contributed by atoms with Crippen molar-refractivity contribution in [1.82, 2.24) is 5.32 Å². The highest BCUT2D eigenvalue weighted by Gasteiger charge is 2.32. The monoisotopic (exact) mass is 378 g/mol. The summed E-state index contributed by atoms with van der Waals surface area (Å²) in [5.74, 6) is -1.18. The van der Waals surface area contributed by atoms with E-state index in [1.165, 1.54) is 0 Å². The maximum atomic E-state index is 15.2. The summed E-state index contributed by atoms with van der Waals surface area (Å²) in [5, 5.41) is 2.31. The van der Waals surface area contributed by atoms with Crippen molar-refractivity contribution in [2.24, 2.45) is 5.92 Å². The summed E-state index contributed by atoms with van der Waals surface area (Å²) in [6.07, 6.45) is 3.10. The molecular weight excluding hydrogens is 351 g/mol. The fraction of sp³-hybridized carbons (Fsp3) is 0.600. The summed E-state index contributed by atoms with van der Waals surface area (Å²) in [4.78, 5) is 25.5. The first-order chi connectivity index (χ1) is 13.0. The molecular formula is C20H27FN2O4. The molecule has 148 valence electrons. The van der Waals surface area contributed by atoms with Gasteiger partial charge in [-0.15, -0.1) is 0 Å². The van der Waals surface area contributed by atoms with Crippen molar-refractivity contribution in [3.05, 3.63) is 29.6 Å². The molecule has 1 aromatic rings. The zero-order valence-corrected chi connectivity index (χ0v) is 15.9. The molecule has 0 saturated carbocycles. The summed E-state index contributed by atoms with van der Waals surface area (Å²) in [5.41, 5.74) is 0.907. The molecule has 2 fully saturated rings. The summed E-state index contributed by atoms with van der Waals surface area (Å²) in [6.45, 7) is 1.50. The minimum Gasteiger partial charge on any atom is -0.369 e. The number of methoxy groups -OCH3 is 2. The topological polar surface area (TPSA) is 67.9 Å². The molecule has 2 aliphatic heterocycles. The predicted octanol–water partition coefficient (Wildman–Crippen LogP) is 2.57. The van der Waals surface area contributed by atoms with Crippen molar-refractivity contribution in [2.45, 2.75) is 44.3 Å². The van der Waals surface area contributed by atoms with Crippen LogP contribution in [0, 0.1) is 11.7 Å². The van der Waals surface area contributed by atoms with Gasteiger partial charge >= 0.3 is 0 Å². The summed E-state index contributed by atoms with van der Waals surface area (Å²) in [7, 11) is 3.28. The predicted molar refractivity (Wildman–Crippen MR) is 98.9 cm³/mol. The minimum absolute atomic E-state index is 0.200. The van der Waals surface area contributed by atoms with Gasteiger partial charge in [-0.2, -0.15) is 0 Å². The largest absolute Gasteiger partial charge is 0.369 e. The first-order valence-electron chi connectivity index (χ1n) is 9.46. The first-order valence-corrected chi connectivity index (χ1v) is 9.46. The Balaban J connectivity index is 1.68. The van der Waals surface area contributed by atoms with E-state index in [1.54, 1.807) is 32.4 Å². The third-order valence-corrected chi connectivity index (χ3v) is 5.63. The molecule has 0 aliphatic carbocycles. The Morgan fingerprint density at radius 2 is 1.89 bits per heavy atom. The maximum Gasteiger partial charge on any atom is 0.234 e. The van der Waals surface area contributed by atoms with Gasteiger partial charge in [-0.05, 0) is 31.2 Å². The van der Waals surface area contributed by atoms with E-state index in [0.29, 0.717) is 23.6 Å². The number of nitrogens with one attached hydrogen (secondary N) is 1. The van der Waals surface area contributed by atoms with E-state index in [-0.39, 0.29) is 24.4 Å². The second kappa shape index (κ2) is 8.80. The van der Waals surface area contributed by atoms with Gasteiger partial charge in [-0.1, -0.05) is 12.1 Å². The van der Waals surface area contributed by atoms with Crippen LogP contribution in [0.1, 0.15) is 43.6 Å². The SMILES string of the molecule is COC(CC1CCN(c2cccc(C3CCC(=O)NC3=O)c2F)CC1)OC. The first kappa shape index (κ1) is 19.8. The van der Waals surface area contributed by atoms with Gasteiger partial charge in [-0.3, -0.25) is 14.9 Å². The zero-order chi connectivity index (χ0) is 19.4. The Bertz CT molecular complexity index is 685. The van der Waals surface area contributed by atoms with Crippen LogP contribution in [0.25, 0.3) is 0 Å². The molecule has 1 N–H and O–H groups in total. The molecule has 2 amide bonds. The highest BCUT2D eigenvalue weighted by molar-refractivity contribution is 6.01. The number of carbonyl (C=O) groups is 2. The van der Waals surface area contributed by atoms with E-state index in [1.807, 2.05) is 4.90 Å². The Kier molecular flexibility index (Phi) is 6.44. The van der Waals surface area contributed by atoms with Crippen LogP contribution in [0.5, 0.6) is 0 Å². The number of nitrogens with zero attached hydrogens (tertiary/aromatic N) is 1. The van der Waals surface area contributed by atoms with Gasteiger partial charge in [0.25, 0.3) is 0 Å². The minimum atomic E-state index is -0.607. The van der Waals surface area contributed by atoms with Gasteiger partial charge in [0.1, 0.15) is 5.82 Å². The molecule has 2 aliphatic rings.